The molecule has 2 heterocycles. The van der Waals surface area contributed by atoms with Crippen molar-refractivity contribution in [1.29, 1.82) is 0 Å². The SMILES string of the molecule is O=C(NC1(C(=O)O)CCOC1)C1CNC1. The van der Waals surface area contributed by atoms with E-state index in [1.807, 2.05) is 0 Å². The topological polar surface area (TPSA) is 87.7 Å². The number of hydrogen-bond donors (Lipinski definition) is 3. The lowest BCUT2D eigenvalue weighted by atomic mass is 9.95. The second-order valence-corrected chi connectivity index (χ2v) is 4.03. The van der Waals surface area contributed by atoms with Crippen LogP contribution in [0.1, 0.15) is 6.42 Å². The molecule has 0 aromatic carbocycles. The van der Waals surface area contributed by atoms with Gasteiger partial charge in [0, 0.05) is 26.1 Å². The molecule has 1 unspecified atom stereocenters. The van der Waals surface area contributed by atoms with Crippen LogP contribution in [0.15, 0.2) is 0 Å². The number of amides is 1. The van der Waals surface area contributed by atoms with Crippen molar-refractivity contribution >= 4 is 11.9 Å². The molecule has 1 amide bonds. The van der Waals surface area contributed by atoms with Gasteiger partial charge < -0.3 is 20.5 Å². The predicted molar refractivity (Wildman–Crippen MR) is 50.3 cm³/mol. The molecule has 2 aliphatic heterocycles. The van der Waals surface area contributed by atoms with Gasteiger partial charge in [0.05, 0.1) is 12.5 Å². The second-order valence-electron chi connectivity index (χ2n) is 4.03. The maximum Gasteiger partial charge on any atom is 0.331 e. The van der Waals surface area contributed by atoms with Gasteiger partial charge in [0.25, 0.3) is 0 Å². The van der Waals surface area contributed by atoms with E-state index in [1.165, 1.54) is 0 Å². The van der Waals surface area contributed by atoms with E-state index in [9.17, 15) is 9.59 Å². The molecule has 0 spiro atoms. The highest BCUT2D eigenvalue weighted by atomic mass is 16.5. The third-order valence-corrected chi connectivity index (χ3v) is 2.95. The lowest BCUT2D eigenvalue weighted by Gasteiger charge is -2.31. The van der Waals surface area contributed by atoms with E-state index in [-0.39, 0.29) is 18.4 Å². The minimum atomic E-state index is -1.20. The molecule has 2 fully saturated rings. The number of carbonyl (C=O) groups is 2. The summed E-state index contributed by atoms with van der Waals surface area (Å²) in [5.41, 5.74) is -1.20. The third-order valence-electron chi connectivity index (χ3n) is 2.95. The Balaban J connectivity index is 2.00. The fourth-order valence-electron chi connectivity index (χ4n) is 1.70. The minimum absolute atomic E-state index is 0.0637. The molecule has 15 heavy (non-hydrogen) atoms. The van der Waals surface area contributed by atoms with Crippen molar-refractivity contribution in [2.75, 3.05) is 26.3 Å². The van der Waals surface area contributed by atoms with Crippen molar-refractivity contribution in [3.8, 4) is 0 Å². The fraction of sp³-hybridized carbons (Fsp3) is 0.778. The van der Waals surface area contributed by atoms with Crippen LogP contribution in [0, 0.1) is 5.92 Å². The van der Waals surface area contributed by atoms with Gasteiger partial charge in [-0.2, -0.15) is 0 Å². The van der Waals surface area contributed by atoms with E-state index in [4.69, 9.17) is 9.84 Å². The molecule has 0 bridgehead atoms. The van der Waals surface area contributed by atoms with Crippen molar-refractivity contribution in [1.82, 2.24) is 10.6 Å². The molecule has 0 radical (unpaired) electrons. The Morgan fingerprint density at radius 3 is 2.60 bits per heavy atom. The molecule has 2 aliphatic rings. The number of aliphatic carboxylic acids is 1. The smallest absolute Gasteiger partial charge is 0.331 e. The van der Waals surface area contributed by atoms with E-state index >= 15 is 0 Å². The standard InChI is InChI=1S/C9H14N2O4/c12-7(6-3-10-4-6)11-9(8(13)14)1-2-15-5-9/h6,10H,1-5H2,(H,11,12)(H,13,14). The zero-order valence-corrected chi connectivity index (χ0v) is 8.28. The van der Waals surface area contributed by atoms with Crippen LogP contribution in [0.2, 0.25) is 0 Å². The Morgan fingerprint density at radius 1 is 1.47 bits per heavy atom. The summed E-state index contributed by atoms with van der Waals surface area (Å²) in [7, 11) is 0. The maximum absolute atomic E-state index is 11.6. The largest absolute Gasteiger partial charge is 0.479 e. The maximum atomic E-state index is 11.6. The summed E-state index contributed by atoms with van der Waals surface area (Å²) in [4.78, 5) is 22.7. The first kappa shape index (κ1) is 10.4. The Morgan fingerprint density at radius 2 is 2.20 bits per heavy atom. The van der Waals surface area contributed by atoms with Gasteiger partial charge in [-0.25, -0.2) is 4.79 Å². The zero-order chi connectivity index (χ0) is 10.9. The van der Waals surface area contributed by atoms with Crippen molar-refractivity contribution in [3.05, 3.63) is 0 Å². The molecular formula is C9H14N2O4. The number of rotatable bonds is 3. The average molecular weight is 214 g/mol. The number of ether oxygens (including phenoxy) is 1. The summed E-state index contributed by atoms with van der Waals surface area (Å²) in [6, 6.07) is 0. The molecule has 0 aromatic heterocycles. The van der Waals surface area contributed by atoms with Crippen molar-refractivity contribution in [2.24, 2.45) is 5.92 Å². The lowest BCUT2D eigenvalue weighted by molar-refractivity contribution is -0.148. The van der Waals surface area contributed by atoms with Gasteiger partial charge in [-0.3, -0.25) is 4.79 Å². The summed E-state index contributed by atoms with van der Waals surface area (Å²) in [5.74, 6) is -1.30. The molecule has 0 aliphatic carbocycles. The number of carboxylic acids is 1. The Kier molecular flexibility index (Phi) is 2.62. The Bertz CT molecular complexity index is 282. The molecule has 6 heteroatoms. The number of nitrogens with one attached hydrogen (secondary N) is 2. The lowest BCUT2D eigenvalue weighted by Crippen LogP contribution is -2.60. The van der Waals surface area contributed by atoms with Crippen LogP contribution in [0.4, 0.5) is 0 Å². The normalized spacial score (nSPS) is 30.9. The van der Waals surface area contributed by atoms with Crippen molar-refractivity contribution in [2.45, 2.75) is 12.0 Å². The summed E-state index contributed by atoms with van der Waals surface area (Å²) in [5, 5.41) is 14.6. The first-order valence-electron chi connectivity index (χ1n) is 4.98. The minimum Gasteiger partial charge on any atom is -0.479 e. The predicted octanol–water partition coefficient (Wildman–Crippen LogP) is -1.43. The van der Waals surface area contributed by atoms with Crippen LogP contribution < -0.4 is 10.6 Å². The number of carbonyl (C=O) groups excluding carboxylic acids is 1. The van der Waals surface area contributed by atoms with E-state index in [2.05, 4.69) is 10.6 Å². The molecule has 3 N–H and O–H groups in total. The first-order chi connectivity index (χ1) is 7.14. The zero-order valence-electron chi connectivity index (χ0n) is 8.28. The summed E-state index contributed by atoms with van der Waals surface area (Å²) >= 11 is 0. The molecule has 2 saturated heterocycles. The van der Waals surface area contributed by atoms with Crippen LogP contribution in [0.5, 0.6) is 0 Å². The molecular weight excluding hydrogens is 200 g/mol. The number of hydrogen-bond acceptors (Lipinski definition) is 4. The van der Waals surface area contributed by atoms with Gasteiger partial charge in [0.15, 0.2) is 5.54 Å². The Hall–Kier alpha value is -1.14. The molecule has 6 nitrogen and oxygen atoms in total. The van der Waals surface area contributed by atoms with Crippen molar-refractivity contribution < 1.29 is 19.4 Å². The number of carboxylic acid groups (broad SMARTS) is 1. The van der Waals surface area contributed by atoms with E-state index in [1.54, 1.807) is 0 Å². The summed E-state index contributed by atoms with van der Waals surface area (Å²) < 4.78 is 5.04. The van der Waals surface area contributed by atoms with Gasteiger partial charge in [-0.15, -0.1) is 0 Å². The average Bonchev–Trinajstić information content (AvgIpc) is 2.50. The van der Waals surface area contributed by atoms with Gasteiger partial charge in [-0.05, 0) is 0 Å². The second kappa shape index (κ2) is 3.79. The van der Waals surface area contributed by atoms with Gasteiger partial charge in [-0.1, -0.05) is 0 Å². The van der Waals surface area contributed by atoms with Crippen LogP contribution >= 0.6 is 0 Å². The van der Waals surface area contributed by atoms with Gasteiger partial charge >= 0.3 is 5.97 Å². The van der Waals surface area contributed by atoms with Crippen LogP contribution in [-0.4, -0.2) is 48.8 Å². The molecule has 84 valence electrons. The highest BCUT2D eigenvalue weighted by Gasteiger charge is 2.45. The summed E-state index contributed by atoms with van der Waals surface area (Å²) in [6.07, 6.45) is 0.341. The van der Waals surface area contributed by atoms with Gasteiger partial charge in [0.2, 0.25) is 5.91 Å². The van der Waals surface area contributed by atoms with E-state index < -0.39 is 11.5 Å². The highest BCUT2D eigenvalue weighted by Crippen LogP contribution is 2.20. The van der Waals surface area contributed by atoms with Crippen LogP contribution in [0.25, 0.3) is 0 Å². The van der Waals surface area contributed by atoms with E-state index in [0.29, 0.717) is 26.1 Å². The molecule has 0 saturated carbocycles. The van der Waals surface area contributed by atoms with Gasteiger partial charge in [0.1, 0.15) is 0 Å². The monoisotopic (exact) mass is 214 g/mol. The summed E-state index contributed by atoms with van der Waals surface area (Å²) in [6.45, 7) is 1.70. The fourth-order valence-corrected chi connectivity index (χ4v) is 1.70. The molecule has 2 rings (SSSR count). The van der Waals surface area contributed by atoms with Crippen LogP contribution in [0.3, 0.4) is 0 Å². The van der Waals surface area contributed by atoms with E-state index in [0.717, 1.165) is 0 Å². The highest BCUT2D eigenvalue weighted by molar-refractivity contribution is 5.89. The van der Waals surface area contributed by atoms with Crippen molar-refractivity contribution in [3.63, 3.8) is 0 Å². The first-order valence-corrected chi connectivity index (χ1v) is 4.98. The Labute approximate surface area is 87.0 Å². The molecule has 0 aromatic rings. The molecule has 1 atom stereocenters. The van der Waals surface area contributed by atoms with Crippen LogP contribution in [-0.2, 0) is 14.3 Å². The third kappa shape index (κ3) is 1.82. The quantitative estimate of drug-likeness (QED) is 0.536.